The predicted molar refractivity (Wildman–Crippen MR) is 132 cm³/mol. The molecular formula is C23H26N8O4S. The van der Waals surface area contributed by atoms with Gasteiger partial charge in [-0.2, -0.15) is 9.19 Å². The van der Waals surface area contributed by atoms with Gasteiger partial charge in [-0.05, 0) is 32.8 Å². The summed E-state index contributed by atoms with van der Waals surface area (Å²) in [6.45, 7) is 5.37. The van der Waals surface area contributed by atoms with Crippen LogP contribution in [0, 0.1) is 0 Å². The maximum absolute atomic E-state index is 12.4. The van der Waals surface area contributed by atoms with Crippen LogP contribution in [-0.4, -0.2) is 66.9 Å². The molecule has 1 aliphatic carbocycles. The van der Waals surface area contributed by atoms with E-state index in [-0.39, 0.29) is 17.4 Å². The Balaban J connectivity index is 1.26. The van der Waals surface area contributed by atoms with E-state index in [9.17, 15) is 8.42 Å². The number of aromatic nitrogens is 7. The number of pyridine rings is 1. The fraction of sp³-hybridized carbons (Fsp3) is 0.435. The molecule has 1 atom stereocenters. The molecule has 0 amide bonds. The fourth-order valence-electron chi connectivity index (χ4n) is 4.09. The molecular weight excluding hydrogens is 484 g/mol. The van der Waals surface area contributed by atoms with Gasteiger partial charge in [0.25, 0.3) is 10.0 Å². The molecule has 0 radical (unpaired) electrons. The van der Waals surface area contributed by atoms with Gasteiger partial charge in [0.1, 0.15) is 17.7 Å². The summed E-state index contributed by atoms with van der Waals surface area (Å²) < 4.78 is 39.3. The van der Waals surface area contributed by atoms with Gasteiger partial charge in [-0.15, -0.1) is 5.10 Å². The molecule has 1 saturated heterocycles. The van der Waals surface area contributed by atoms with E-state index < -0.39 is 10.0 Å². The standard InChI is InChI=1S/C23H26N8O4S/c1-14(2)31-19-9-21(25-11-18(19)23(29-31)35-16-6-8-34-13-16)27-20-5-7-24-22(28-20)15-10-26-30(12-15)36(32,33)17-3-4-17/h5,7,9-12,14,16-17H,3-4,6,8,13H2,1-2H3,(H,24,25,27,28). The van der Waals surface area contributed by atoms with Gasteiger partial charge >= 0.3 is 0 Å². The van der Waals surface area contributed by atoms with E-state index in [4.69, 9.17) is 9.47 Å². The van der Waals surface area contributed by atoms with E-state index in [1.54, 1.807) is 18.5 Å². The van der Waals surface area contributed by atoms with Crippen molar-refractivity contribution in [2.45, 2.75) is 50.5 Å². The maximum atomic E-state index is 12.4. The molecule has 2 fully saturated rings. The molecule has 12 nitrogen and oxygen atoms in total. The van der Waals surface area contributed by atoms with Crippen molar-refractivity contribution >= 4 is 32.6 Å². The van der Waals surface area contributed by atoms with Crippen LogP contribution in [0.5, 0.6) is 5.88 Å². The number of nitrogens with zero attached hydrogens (tertiary/aromatic N) is 7. The van der Waals surface area contributed by atoms with Crippen LogP contribution >= 0.6 is 0 Å². The van der Waals surface area contributed by atoms with Gasteiger partial charge in [0.2, 0.25) is 5.88 Å². The van der Waals surface area contributed by atoms with Crippen molar-refractivity contribution in [3.05, 3.63) is 36.9 Å². The third-order valence-electron chi connectivity index (χ3n) is 6.15. The van der Waals surface area contributed by atoms with Gasteiger partial charge in [0.15, 0.2) is 5.82 Å². The minimum atomic E-state index is -3.45. The zero-order chi connectivity index (χ0) is 24.9. The van der Waals surface area contributed by atoms with Crippen LogP contribution in [0.1, 0.15) is 39.2 Å². The maximum Gasteiger partial charge on any atom is 0.256 e. The van der Waals surface area contributed by atoms with Gasteiger partial charge < -0.3 is 14.8 Å². The molecule has 36 heavy (non-hydrogen) atoms. The normalized spacial score (nSPS) is 18.2. The van der Waals surface area contributed by atoms with Crippen molar-refractivity contribution in [1.29, 1.82) is 0 Å². The summed E-state index contributed by atoms with van der Waals surface area (Å²) in [6.07, 6.45) is 8.42. The molecule has 1 aliphatic heterocycles. The number of hydrogen-bond acceptors (Lipinski definition) is 10. The van der Waals surface area contributed by atoms with E-state index in [1.165, 1.54) is 12.4 Å². The molecule has 1 saturated carbocycles. The van der Waals surface area contributed by atoms with Gasteiger partial charge in [-0.3, -0.25) is 4.68 Å². The Bertz CT molecular complexity index is 1520. The lowest BCUT2D eigenvalue weighted by molar-refractivity contribution is 0.138. The number of fused-ring (bicyclic) bond motifs is 1. The Morgan fingerprint density at radius 1 is 1.17 bits per heavy atom. The minimum Gasteiger partial charge on any atom is -0.470 e. The molecule has 13 heteroatoms. The Hall–Kier alpha value is -3.58. The second-order valence-electron chi connectivity index (χ2n) is 9.27. The van der Waals surface area contributed by atoms with Crippen LogP contribution in [0.3, 0.4) is 0 Å². The zero-order valence-corrected chi connectivity index (χ0v) is 20.7. The molecule has 6 rings (SSSR count). The summed E-state index contributed by atoms with van der Waals surface area (Å²) in [7, 11) is -3.45. The first-order chi connectivity index (χ1) is 17.4. The second kappa shape index (κ2) is 8.82. The summed E-state index contributed by atoms with van der Waals surface area (Å²) in [5.74, 6) is 2.01. The Labute approximate surface area is 207 Å². The molecule has 1 N–H and O–H groups in total. The summed E-state index contributed by atoms with van der Waals surface area (Å²) in [4.78, 5) is 13.4. The highest BCUT2D eigenvalue weighted by Crippen LogP contribution is 2.32. The van der Waals surface area contributed by atoms with Gasteiger partial charge in [-0.1, -0.05) is 0 Å². The summed E-state index contributed by atoms with van der Waals surface area (Å²) in [6, 6.07) is 3.74. The third-order valence-corrected chi connectivity index (χ3v) is 8.18. The minimum absolute atomic E-state index is 0.00966. The van der Waals surface area contributed by atoms with Crippen LogP contribution in [0.25, 0.3) is 22.3 Å². The fourth-order valence-corrected chi connectivity index (χ4v) is 5.57. The molecule has 4 aromatic heterocycles. The quantitative estimate of drug-likeness (QED) is 0.376. The number of anilines is 2. The lowest BCUT2D eigenvalue weighted by atomic mass is 10.3. The van der Waals surface area contributed by atoms with Gasteiger partial charge in [0.05, 0.1) is 47.3 Å². The number of rotatable bonds is 8. The first-order valence-electron chi connectivity index (χ1n) is 11.9. The third kappa shape index (κ3) is 4.28. The average molecular weight is 511 g/mol. The largest absolute Gasteiger partial charge is 0.470 e. The van der Waals surface area contributed by atoms with Gasteiger partial charge in [-0.25, -0.2) is 23.4 Å². The number of nitrogens with one attached hydrogen (secondary N) is 1. The van der Waals surface area contributed by atoms with E-state index in [2.05, 4.69) is 44.3 Å². The SMILES string of the molecule is CC(C)n1nc(OC2CCOC2)c2cnc(Nc3ccnc(-c4cnn(S(=O)(=O)C5CC5)c4)n3)cc21. The van der Waals surface area contributed by atoms with Crippen molar-refractivity contribution in [3.8, 4) is 17.3 Å². The van der Waals surface area contributed by atoms with Crippen molar-refractivity contribution in [2.24, 2.45) is 0 Å². The predicted octanol–water partition coefficient (Wildman–Crippen LogP) is 2.92. The highest BCUT2D eigenvalue weighted by atomic mass is 32.2. The average Bonchev–Trinajstić information content (AvgIpc) is 3.25. The zero-order valence-electron chi connectivity index (χ0n) is 19.9. The summed E-state index contributed by atoms with van der Waals surface area (Å²) >= 11 is 0. The molecule has 0 aromatic carbocycles. The van der Waals surface area contributed by atoms with Gasteiger partial charge in [0, 0.05) is 30.9 Å². The molecule has 0 bridgehead atoms. The summed E-state index contributed by atoms with van der Waals surface area (Å²) in [5, 5.41) is 12.4. The lowest BCUT2D eigenvalue weighted by Gasteiger charge is -2.09. The van der Waals surface area contributed by atoms with E-state index >= 15 is 0 Å². The molecule has 1 unspecified atom stereocenters. The Morgan fingerprint density at radius 2 is 2.03 bits per heavy atom. The molecule has 5 heterocycles. The van der Waals surface area contributed by atoms with E-state index in [0.29, 0.717) is 55.0 Å². The molecule has 0 spiro atoms. The number of ether oxygens (including phenoxy) is 2. The topological polar surface area (TPSA) is 139 Å². The van der Waals surface area contributed by atoms with Crippen LogP contribution in [0.15, 0.2) is 36.9 Å². The second-order valence-corrected chi connectivity index (χ2v) is 11.3. The highest BCUT2D eigenvalue weighted by Gasteiger charge is 2.37. The Kier molecular flexibility index (Phi) is 5.60. The smallest absolute Gasteiger partial charge is 0.256 e. The monoisotopic (exact) mass is 510 g/mol. The summed E-state index contributed by atoms with van der Waals surface area (Å²) in [5.41, 5.74) is 1.40. The van der Waals surface area contributed by atoms with Crippen molar-refractivity contribution in [1.82, 2.24) is 33.9 Å². The van der Waals surface area contributed by atoms with Crippen LogP contribution in [0.4, 0.5) is 11.6 Å². The molecule has 2 aliphatic rings. The van der Waals surface area contributed by atoms with E-state index in [0.717, 1.165) is 21.4 Å². The number of hydrogen-bond donors (Lipinski definition) is 1. The lowest BCUT2D eigenvalue weighted by Crippen LogP contribution is -2.17. The van der Waals surface area contributed by atoms with Crippen LogP contribution < -0.4 is 10.1 Å². The first kappa shape index (κ1) is 22.9. The van der Waals surface area contributed by atoms with Crippen LogP contribution in [0.2, 0.25) is 0 Å². The highest BCUT2D eigenvalue weighted by molar-refractivity contribution is 7.90. The van der Waals surface area contributed by atoms with E-state index in [1.807, 2.05) is 10.7 Å². The van der Waals surface area contributed by atoms with Crippen LogP contribution in [-0.2, 0) is 14.8 Å². The van der Waals surface area contributed by atoms with Crippen molar-refractivity contribution < 1.29 is 17.9 Å². The van der Waals surface area contributed by atoms with Crippen molar-refractivity contribution in [2.75, 3.05) is 18.5 Å². The Morgan fingerprint density at radius 3 is 2.78 bits per heavy atom. The molecule has 4 aromatic rings. The van der Waals surface area contributed by atoms with Crippen molar-refractivity contribution in [3.63, 3.8) is 0 Å². The molecule has 188 valence electrons. The first-order valence-corrected chi connectivity index (χ1v) is 13.4.